The number of hydrogen-bond donors (Lipinski definition) is 2. The summed E-state index contributed by atoms with van der Waals surface area (Å²) in [6, 6.07) is 6.32. The summed E-state index contributed by atoms with van der Waals surface area (Å²) in [5.74, 6) is -0.297. The lowest BCUT2D eigenvalue weighted by molar-refractivity contribution is 0.0955. The topological polar surface area (TPSA) is 83.8 Å². The van der Waals surface area contributed by atoms with Crippen LogP contribution in [0.2, 0.25) is 5.02 Å². The number of methoxy groups -OCH3 is 1. The number of benzene rings is 1. The number of nitrogens with one attached hydrogen (secondary N) is 1. The second kappa shape index (κ2) is 6.71. The molecule has 1 amide bonds. The molecule has 0 radical (unpaired) electrons. The van der Waals surface area contributed by atoms with Gasteiger partial charge in [-0.1, -0.05) is 11.6 Å². The number of pyridine rings is 1. The maximum atomic E-state index is 11.7. The van der Waals surface area contributed by atoms with E-state index < -0.39 is 0 Å². The third kappa shape index (κ3) is 3.70. The van der Waals surface area contributed by atoms with Gasteiger partial charge in [0.15, 0.2) is 11.5 Å². The molecule has 1 aromatic heterocycles. The summed E-state index contributed by atoms with van der Waals surface area (Å²) in [4.78, 5) is 15.6. The maximum absolute atomic E-state index is 11.7. The zero-order valence-electron chi connectivity index (χ0n) is 11.1. The molecule has 6 nitrogen and oxygen atoms in total. The number of amides is 1. The smallest absolute Gasteiger partial charge is 0.272 e. The van der Waals surface area contributed by atoms with E-state index in [9.17, 15) is 9.90 Å². The predicted octanol–water partition coefficient (Wildman–Crippen LogP) is 2.21. The van der Waals surface area contributed by atoms with E-state index >= 15 is 0 Å². The molecule has 0 spiro atoms. The molecule has 0 fully saturated rings. The van der Waals surface area contributed by atoms with Crippen molar-refractivity contribution in [1.82, 2.24) is 10.4 Å². The Hall–Kier alpha value is -2.60. The van der Waals surface area contributed by atoms with Crippen LogP contribution in [-0.2, 0) is 0 Å². The van der Waals surface area contributed by atoms with Gasteiger partial charge in [-0.15, -0.1) is 0 Å². The molecular weight excluding hydrogens is 294 g/mol. The van der Waals surface area contributed by atoms with Gasteiger partial charge in [-0.05, 0) is 29.8 Å². The van der Waals surface area contributed by atoms with Gasteiger partial charge in [0.25, 0.3) is 5.91 Å². The molecule has 0 aliphatic rings. The number of hydrazone groups is 1. The second-order valence-electron chi connectivity index (χ2n) is 3.99. The van der Waals surface area contributed by atoms with Crippen molar-refractivity contribution in [3.05, 3.63) is 52.8 Å². The third-order valence-electron chi connectivity index (χ3n) is 2.57. The Morgan fingerprint density at radius 3 is 3.00 bits per heavy atom. The van der Waals surface area contributed by atoms with E-state index in [1.54, 1.807) is 24.4 Å². The molecule has 1 aromatic carbocycles. The highest BCUT2D eigenvalue weighted by molar-refractivity contribution is 6.32. The van der Waals surface area contributed by atoms with Crippen molar-refractivity contribution >= 4 is 23.7 Å². The molecule has 7 heteroatoms. The van der Waals surface area contributed by atoms with E-state index in [1.807, 2.05) is 0 Å². The van der Waals surface area contributed by atoms with Crippen molar-refractivity contribution in [2.24, 2.45) is 5.10 Å². The molecular formula is C14H12ClN3O3. The molecule has 21 heavy (non-hydrogen) atoms. The van der Waals surface area contributed by atoms with E-state index in [2.05, 4.69) is 15.5 Å². The first-order valence-corrected chi connectivity index (χ1v) is 6.29. The Bertz CT molecular complexity index is 675. The number of halogens is 1. The minimum absolute atomic E-state index is 0.134. The molecule has 0 saturated carbocycles. The van der Waals surface area contributed by atoms with Crippen LogP contribution < -0.4 is 10.2 Å². The molecule has 108 valence electrons. The zero-order chi connectivity index (χ0) is 15.2. The Kier molecular flexibility index (Phi) is 4.73. The molecule has 0 saturated heterocycles. The van der Waals surface area contributed by atoms with Crippen LogP contribution in [0.4, 0.5) is 0 Å². The first kappa shape index (κ1) is 14.8. The summed E-state index contributed by atoms with van der Waals surface area (Å²) >= 11 is 5.85. The number of aromatic nitrogens is 1. The number of nitrogens with zero attached hydrogens (tertiary/aromatic N) is 2. The fourth-order valence-electron chi connectivity index (χ4n) is 1.55. The number of carbonyl (C=O) groups is 1. The van der Waals surface area contributed by atoms with Crippen LogP contribution in [0.1, 0.15) is 15.9 Å². The largest absolute Gasteiger partial charge is 0.503 e. The van der Waals surface area contributed by atoms with Gasteiger partial charge < -0.3 is 9.84 Å². The Morgan fingerprint density at radius 1 is 1.52 bits per heavy atom. The lowest BCUT2D eigenvalue weighted by atomic mass is 10.2. The zero-order valence-corrected chi connectivity index (χ0v) is 11.8. The van der Waals surface area contributed by atoms with Gasteiger partial charge in [0.05, 0.1) is 23.9 Å². The standard InChI is InChI=1S/C14H12ClN3O3/c1-21-12-6-9(5-11(15)13(12)19)7-17-18-14(20)10-3-2-4-16-8-10/h2-8,19H,1H3,(H,18,20). The average molecular weight is 306 g/mol. The molecule has 2 aromatic rings. The van der Waals surface area contributed by atoms with Crippen LogP contribution >= 0.6 is 11.6 Å². The van der Waals surface area contributed by atoms with Gasteiger partial charge in [0.1, 0.15) is 0 Å². The van der Waals surface area contributed by atoms with E-state index in [0.717, 1.165) is 0 Å². The lowest BCUT2D eigenvalue weighted by Crippen LogP contribution is -2.17. The Balaban J connectivity index is 2.08. The van der Waals surface area contributed by atoms with Crippen LogP contribution in [0.15, 0.2) is 41.8 Å². The SMILES string of the molecule is COc1cc(C=NNC(=O)c2cccnc2)cc(Cl)c1O. The fraction of sp³-hybridized carbons (Fsp3) is 0.0714. The normalized spacial score (nSPS) is 10.6. The van der Waals surface area contributed by atoms with E-state index in [0.29, 0.717) is 11.1 Å². The van der Waals surface area contributed by atoms with Crippen LogP contribution in [0.3, 0.4) is 0 Å². The van der Waals surface area contributed by atoms with Gasteiger partial charge in [-0.2, -0.15) is 5.10 Å². The third-order valence-corrected chi connectivity index (χ3v) is 2.86. The van der Waals surface area contributed by atoms with Crippen molar-refractivity contribution in [3.8, 4) is 11.5 Å². The maximum Gasteiger partial charge on any atom is 0.272 e. The minimum atomic E-state index is -0.379. The highest BCUT2D eigenvalue weighted by atomic mass is 35.5. The summed E-state index contributed by atoms with van der Waals surface area (Å²) in [5.41, 5.74) is 3.33. The van der Waals surface area contributed by atoms with Gasteiger partial charge in [0.2, 0.25) is 0 Å². The molecule has 0 unspecified atom stereocenters. The quantitative estimate of drug-likeness (QED) is 0.670. The molecule has 0 aliphatic carbocycles. The fourth-order valence-corrected chi connectivity index (χ4v) is 1.77. The number of phenolic OH excluding ortho intramolecular Hbond substituents is 1. The average Bonchev–Trinajstić information content (AvgIpc) is 2.51. The summed E-state index contributed by atoms with van der Waals surface area (Å²) in [6.45, 7) is 0. The van der Waals surface area contributed by atoms with Crippen molar-refractivity contribution in [3.63, 3.8) is 0 Å². The number of carbonyl (C=O) groups excluding carboxylic acids is 1. The van der Waals surface area contributed by atoms with Gasteiger partial charge in [-0.25, -0.2) is 5.43 Å². The number of rotatable bonds is 4. The number of ether oxygens (including phenoxy) is 1. The van der Waals surface area contributed by atoms with Crippen LogP contribution in [0.25, 0.3) is 0 Å². The van der Waals surface area contributed by atoms with Crippen LogP contribution in [0, 0.1) is 0 Å². The molecule has 0 bridgehead atoms. The highest BCUT2D eigenvalue weighted by Crippen LogP contribution is 2.34. The summed E-state index contributed by atoms with van der Waals surface area (Å²) in [7, 11) is 1.41. The van der Waals surface area contributed by atoms with Crippen LogP contribution in [-0.4, -0.2) is 29.3 Å². The number of phenols is 1. The first-order chi connectivity index (χ1) is 10.1. The van der Waals surface area contributed by atoms with Gasteiger partial charge in [-0.3, -0.25) is 9.78 Å². The Morgan fingerprint density at radius 2 is 2.33 bits per heavy atom. The summed E-state index contributed by atoms with van der Waals surface area (Å²) < 4.78 is 4.97. The Labute approximate surface area is 126 Å². The van der Waals surface area contributed by atoms with E-state index in [1.165, 1.54) is 25.6 Å². The summed E-state index contributed by atoms with van der Waals surface area (Å²) in [5, 5.41) is 13.6. The van der Waals surface area contributed by atoms with Crippen molar-refractivity contribution in [1.29, 1.82) is 0 Å². The minimum Gasteiger partial charge on any atom is -0.503 e. The molecule has 0 atom stereocenters. The highest BCUT2D eigenvalue weighted by Gasteiger charge is 2.08. The van der Waals surface area contributed by atoms with E-state index in [4.69, 9.17) is 16.3 Å². The molecule has 2 rings (SSSR count). The molecule has 2 N–H and O–H groups in total. The van der Waals surface area contributed by atoms with Gasteiger partial charge >= 0.3 is 0 Å². The van der Waals surface area contributed by atoms with Crippen molar-refractivity contribution < 1.29 is 14.6 Å². The monoisotopic (exact) mass is 305 g/mol. The van der Waals surface area contributed by atoms with Crippen molar-refractivity contribution in [2.45, 2.75) is 0 Å². The first-order valence-electron chi connectivity index (χ1n) is 5.91. The van der Waals surface area contributed by atoms with Crippen molar-refractivity contribution in [2.75, 3.05) is 7.11 Å². The van der Waals surface area contributed by atoms with Gasteiger partial charge in [0, 0.05) is 12.4 Å². The lowest BCUT2D eigenvalue weighted by Gasteiger charge is -2.06. The number of hydrogen-bond acceptors (Lipinski definition) is 5. The van der Waals surface area contributed by atoms with Crippen LogP contribution in [0.5, 0.6) is 11.5 Å². The number of aromatic hydroxyl groups is 1. The molecule has 1 heterocycles. The summed E-state index contributed by atoms with van der Waals surface area (Å²) in [6.07, 6.45) is 4.40. The molecule has 0 aliphatic heterocycles. The predicted molar refractivity (Wildman–Crippen MR) is 79.0 cm³/mol. The van der Waals surface area contributed by atoms with E-state index in [-0.39, 0.29) is 22.4 Å². The second-order valence-corrected chi connectivity index (χ2v) is 4.40.